The Balaban J connectivity index is 1.57. The van der Waals surface area contributed by atoms with Crippen LogP contribution in [0.5, 0.6) is 0 Å². The van der Waals surface area contributed by atoms with Gasteiger partial charge < -0.3 is 10.3 Å². The van der Waals surface area contributed by atoms with Gasteiger partial charge in [-0.2, -0.15) is 0 Å². The number of pyridine rings is 1. The highest BCUT2D eigenvalue weighted by Gasteiger charge is 2.26. The minimum atomic E-state index is -0.739. The third kappa shape index (κ3) is 4.64. The summed E-state index contributed by atoms with van der Waals surface area (Å²) in [5.41, 5.74) is 7.25. The zero-order chi connectivity index (χ0) is 25.4. The van der Waals surface area contributed by atoms with E-state index in [9.17, 15) is 22.8 Å². The highest BCUT2D eigenvalue weighted by Crippen LogP contribution is 2.36. The molecule has 2 heterocycles. The minimum Gasteiger partial charge on any atom is -0.382 e. The molecule has 4 aromatic rings. The lowest BCUT2D eigenvalue weighted by Crippen LogP contribution is -2.18. The van der Waals surface area contributed by atoms with Gasteiger partial charge in [0.25, 0.3) is 5.56 Å². The van der Waals surface area contributed by atoms with Crippen LogP contribution in [0.15, 0.2) is 65.6 Å². The quantitative estimate of drug-likeness (QED) is 0.363. The van der Waals surface area contributed by atoms with Gasteiger partial charge in [0, 0.05) is 41.4 Å². The van der Waals surface area contributed by atoms with E-state index in [1.54, 1.807) is 16.8 Å². The summed E-state index contributed by atoms with van der Waals surface area (Å²) in [7, 11) is 0. The SMILES string of the molecule is Nc1nc(-c2ccc(F)cc2)c(-c2ccc(=O)n(C3CC3)c2)nc1C(=O)CCc1c(F)cccc1F. The smallest absolute Gasteiger partial charge is 0.250 e. The summed E-state index contributed by atoms with van der Waals surface area (Å²) < 4.78 is 43.2. The van der Waals surface area contributed by atoms with Crippen molar-refractivity contribution in [2.45, 2.75) is 31.7 Å². The van der Waals surface area contributed by atoms with Gasteiger partial charge in [-0.25, -0.2) is 23.1 Å². The van der Waals surface area contributed by atoms with Crippen molar-refractivity contribution in [2.24, 2.45) is 0 Å². The molecule has 0 aliphatic heterocycles. The number of halogens is 3. The summed E-state index contributed by atoms with van der Waals surface area (Å²) in [6.45, 7) is 0. The number of hydrogen-bond acceptors (Lipinski definition) is 5. The molecule has 1 saturated carbocycles. The van der Waals surface area contributed by atoms with Gasteiger partial charge in [-0.3, -0.25) is 9.59 Å². The molecule has 2 N–H and O–H groups in total. The van der Waals surface area contributed by atoms with Gasteiger partial charge in [0.2, 0.25) is 0 Å². The molecule has 2 aromatic carbocycles. The molecule has 9 heteroatoms. The number of hydrogen-bond donors (Lipinski definition) is 1. The Bertz CT molecular complexity index is 1510. The Morgan fingerprint density at radius 1 is 0.917 bits per heavy atom. The number of ketones is 1. The zero-order valence-electron chi connectivity index (χ0n) is 19.0. The topological polar surface area (TPSA) is 90.9 Å². The number of carbonyl (C=O) groups excluding carboxylic acids is 1. The van der Waals surface area contributed by atoms with E-state index in [4.69, 9.17) is 5.73 Å². The molecule has 6 nitrogen and oxygen atoms in total. The van der Waals surface area contributed by atoms with E-state index in [1.807, 2.05) is 0 Å². The second-order valence-corrected chi connectivity index (χ2v) is 8.68. The summed E-state index contributed by atoms with van der Waals surface area (Å²) in [5, 5.41) is 0. The molecular formula is C27H21F3N4O2. The summed E-state index contributed by atoms with van der Waals surface area (Å²) in [6, 6.07) is 12.2. The Morgan fingerprint density at radius 2 is 1.56 bits per heavy atom. The first kappa shape index (κ1) is 23.5. The maximum absolute atomic E-state index is 14.0. The average molecular weight is 490 g/mol. The number of carbonyl (C=O) groups is 1. The van der Waals surface area contributed by atoms with Crippen LogP contribution in [-0.2, 0) is 6.42 Å². The third-order valence-corrected chi connectivity index (χ3v) is 6.12. The fraction of sp³-hybridized carbons (Fsp3) is 0.185. The first-order valence-electron chi connectivity index (χ1n) is 11.4. The maximum atomic E-state index is 14.0. The summed E-state index contributed by atoms with van der Waals surface area (Å²) >= 11 is 0. The van der Waals surface area contributed by atoms with Crippen LogP contribution in [0, 0.1) is 17.5 Å². The number of benzene rings is 2. The lowest BCUT2D eigenvalue weighted by Gasteiger charge is -2.14. The van der Waals surface area contributed by atoms with Crippen molar-refractivity contribution in [1.29, 1.82) is 0 Å². The lowest BCUT2D eigenvalue weighted by molar-refractivity contribution is 0.0978. The molecule has 0 amide bonds. The second kappa shape index (κ2) is 9.41. The van der Waals surface area contributed by atoms with Crippen molar-refractivity contribution >= 4 is 11.6 Å². The van der Waals surface area contributed by atoms with Crippen LogP contribution in [0.2, 0.25) is 0 Å². The maximum Gasteiger partial charge on any atom is 0.250 e. The second-order valence-electron chi connectivity index (χ2n) is 8.68. The molecule has 1 aliphatic rings. The third-order valence-electron chi connectivity index (χ3n) is 6.12. The van der Waals surface area contributed by atoms with Gasteiger partial charge >= 0.3 is 0 Å². The summed E-state index contributed by atoms with van der Waals surface area (Å²) in [6.07, 6.45) is 3.01. The predicted octanol–water partition coefficient (Wildman–Crippen LogP) is 5.12. The largest absolute Gasteiger partial charge is 0.382 e. The minimum absolute atomic E-state index is 0.102. The Hall–Kier alpha value is -4.27. The molecule has 182 valence electrons. The molecule has 1 aliphatic carbocycles. The molecule has 0 atom stereocenters. The van der Waals surface area contributed by atoms with Crippen LogP contribution in [0.3, 0.4) is 0 Å². The van der Waals surface area contributed by atoms with Gasteiger partial charge in [-0.05, 0) is 61.7 Å². The molecule has 36 heavy (non-hydrogen) atoms. The monoisotopic (exact) mass is 490 g/mol. The van der Waals surface area contributed by atoms with Gasteiger partial charge in [0.05, 0.1) is 11.4 Å². The zero-order valence-corrected chi connectivity index (χ0v) is 19.0. The number of anilines is 1. The Morgan fingerprint density at radius 3 is 2.22 bits per heavy atom. The first-order chi connectivity index (χ1) is 17.3. The van der Waals surface area contributed by atoms with Crippen molar-refractivity contribution in [2.75, 3.05) is 5.73 Å². The molecule has 0 saturated heterocycles. The van der Waals surface area contributed by atoms with E-state index in [-0.39, 0.29) is 47.2 Å². The van der Waals surface area contributed by atoms with Gasteiger partial charge in [-0.15, -0.1) is 0 Å². The van der Waals surface area contributed by atoms with E-state index in [2.05, 4.69) is 9.97 Å². The Kier molecular flexibility index (Phi) is 6.13. The molecule has 5 rings (SSSR count). The van der Waals surface area contributed by atoms with E-state index < -0.39 is 23.2 Å². The number of rotatable bonds is 7. The van der Waals surface area contributed by atoms with E-state index in [1.165, 1.54) is 36.4 Å². The standard InChI is InChI=1S/C27H21F3N4O2/c28-17-7-4-15(5-8-17)24-25(16-6-13-23(36)34(14-16)18-9-10-18)32-26(27(31)33-24)22(35)12-11-19-20(29)2-1-3-21(19)30/h1-8,13-14,18H,9-12H2,(H2,31,33). The normalized spacial score (nSPS) is 13.1. The van der Waals surface area contributed by atoms with Crippen molar-refractivity contribution < 1.29 is 18.0 Å². The van der Waals surface area contributed by atoms with Crippen LogP contribution in [0.1, 0.15) is 41.4 Å². The number of nitrogen functional groups attached to an aromatic ring is 1. The predicted molar refractivity (Wildman–Crippen MR) is 129 cm³/mol. The van der Waals surface area contributed by atoms with Crippen LogP contribution in [-0.4, -0.2) is 20.3 Å². The Labute approximate surface area is 204 Å². The van der Waals surface area contributed by atoms with Gasteiger partial charge in [0.15, 0.2) is 11.6 Å². The average Bonchev–Trinajstić information content (AvgIpc) is 3.70. The van der Waals surface area contributed by atoms with E-state index >= 15 is 0 Å². The van der Waals surface area contributed by atoms with Crippen molar-refractivity contribution in [3.63, 3.8) is 0 Å². The van der Waals surface area contributed by atoms with Gasteiger partial charge in [-0.1, -0.05) is 6.07 Å². The van der Waals surface area contributed by atoms with Crippen LogP contribution in [0.4, 0.5) is 19.0 Å². The number of aromatic nitrogens is 3. The van der Waals surface area contributed by atoms with Gasteiger partial charge in [0.1, 0.15) is 23.1 Å². The fourth-order valence-electron chi connectivity index (χ4n) is 4.07. The van der Waals surface area contributed by atoms with Crippen LogP contribution >= 0.6 is 0 Å². The number of nitrogens with two attached hydrogens (primary N) is 1. The van der Waals surface area contributed by atoms with Crippen molar-refractivity contribution in [3.05, 3.63) is 99.9 Å². The molecule has 0 radical (unpaired) electrons. The summed E-state index contributed by atoms with van der Waals surface area (Å²) in [4.78, 5) is 34.3. The van der Waals surface area contributed by atoms with Crippen molar-refractivity contribution in [1.82, 2.24) is 14.5 Å². The number of Topliss-reactive ketones (excluding diaryl/α,β-unsaturated/α-hetero) is 1. The number of nitrogens with zero attached hydrogens (tertiary/aromatic N) is 3. The molecule has 0 bridgehead atoms. The highest BCUT2D eigenvalue weighted by atomic mass is 19.1. The lowest BCUT2D eigenvalue weighted by atomic mass is 10.0. The summed E-state index contributed by atoms with van der Waals surface area (Å²) in [5.74, 6) is -2.61. The molecule has 1 fully saturated rings. The van der Waals surface area contributed by atoms with Crippen LogP contribution in [0.25, 0.3) is 22.5 Å². The first-order valence-corrected chi connectivity index (χ1v) is 11.4. The fourth-order valence-corrected chi connectivity index (χ4v) is 4.07. The molecule has 0 spiro atoms. The van der Waals surface area contributed by atoms with Crippen molar-refractivity contribution in [3.8, 4) is 22.5 Å². The molecule has 0 unspecified atom stereocenters. The van der Waals surface area contributed by atoms with E-state index in [0.717, 1.165) is 25.0 Å². The van der Waals surface area contributed by atoms with E-state index in [0.29, 0.717) is 16.8 Å². The molecule has 2 aromatic heterocycles. The highest BCUT2D eigenvalue weighted by molar-refractivity contribution is 5.99. The van der Waals surface area contributed by atoms with Crippen LogP contribution < -0.4 is 11.3 Å². The molecular weight excluding hydrogens is 469 g/mol.